The van der Waals surface area contributed by atoms with Crippen molar-refractivity contribution < 1.29 is 9.47 Å². The van der Waals surface area contributed by atoms with Crippen LogP contribution in [0, 0.1) is 0 Å². The summed E-state index contributed by atoms with van der Waals surface area (Å²) < 4.78 is 10.9. The first-order valence-corrected chi connectivity index (χ1v) is 7.07. The molecule has 1 fully saturated rings. The monoisotopic (exact) mass is 288 g/mol. The van der Waals surface area contributed by atoms with Crippen LogP contribution in [0.5, 0.6) is 0 Å². The molecule has 0 saturated carbocycles. The van der Waals surface area contributed by atoms with E-state index in [-0.39, 0.29) is 0 Å². The third kappa shape index (κ3) is 2.89. The molecule has 5 heteroatoms. The van der Waals surface area contributed by atoms with Crippen molar-refractivity contribution in [1.82, 2.24) is 4.90 Å². The van der Waals surface area contributed by atoms with Crippen molar-refractivity contribution in [2.75, 3.05) is 32.9 Å². The number of amidine groups is 1. The molecule has 0 unspecified atom stereocenters. The minimum atomic E-state index is 0.405. The van der Waals surface area contributed by atoms with E-state index >= 15 is 0 Å². The summed E-state index contributed by atoms with van der Waals surface area (Å²) in [5, 5.41) is 0. The molecule has 0 spiro atoms. The Morgan fingerprint density at radius 3 is 2.60 bits per heavy atom. The molecular weight excluding hydrogens is 272 g/mol. The number of morpholine rings is 1. The summed E-state index contributed by atoms with van der Waals surface area (Å²) in [5.41, 5.74) is 1.84. The number of aliphatic imine (C=N–C) groups is 1. The van der Waals surface area contributed by atoms with Gasteiger partial charge in [0.2, 0.25) is 0 Å². The summed E-state index contributed by atoms with van der Waals surface area (Å²) in [7, 11) is 0. The van der Waals surface area contributed by atoms with Crippen molar-refractivity contribution in [3.8, 4) is 0 Å². The average molecular weight is 288 g/mol. The minimum absolute atomic E-state index is 0.405. The highest BCUT2D eigenvalue weighted by molar-refractivity contribution is 7.82. The van der Waals surface area contributed by atoms with E-state index in [1.165, 1.54) is 0 Å². The van der Waals surface area contributed by atoms with Crippen molar-refractivity contribution in [2.45, 2.75) is 0 Å². The number of benzene rings is 1. The van der Waals surface area contributed by atoms with E-state index in [9.17, 15) is 0 Å². The normalized spacial score (nSPS) is 19.8. The first-order valence-electron chi connectivity index (χ1n) is 6.66. The predicted octanol–water partition coefficient (Wildman–Crippen LogP) is 2.12. The van der Waals surface area contributed by atoms with Crippen LogP contribution < -0.4 is 0 Å². The molecule has 0 aliphatic carbocycles. The van der Waals surface area contributed by atoms with E-state index < -0.39 is 0 Å². The number of hydrogen-bond acceptors (Lipinski definition) is 5. The number of ether oxygens (including phenoxy) is 2. The van der Waals surface area contributed by atoms with Crippen LogP contribution in [-0.4, -0.2) is 48.5 Å². The standard InChI is InChI=1S/C15H16N2O2S/c20-14-11-19-10-13(12-4-2-1-3-5-12)16-15(14)17-6-8-18-9-7-17/h1-5,10H,6-9,11H2. The Morgan fingerprint density at radius 1 is 1.10 bits per heavy atom. The van der Waals surface area contributed by atoms with Crippen LogP contribution in [0.25, 0.3) is 5.70 Å². The van der Waals surface area contributed by atoms with E-state index in [4.69, 9.17) is 26.7 Å². The zero-order valence-corrected chi connectivity index (χ0v) is 11.9. The first-order chi connectivity index (χ1) is 9.84. The molecule has 1 aromatic carbocycles. The topological polar surface area (TPSA) is 34.1 Å². The fraction of sp³-hybridized carbons (Fsp3) is 0.333. The van der Waals surface area contributed by atoms with Crippen LogP contribution in [0.3, 0.4) is 0 Å². The largest absolute Gasteiger partial charge is 0.493 e. The Kier molecular flexibility index (Phi) is 4.08. The molecule has 0 aromatic heterocycles. The van der Waals surface area contributed by atoms with E-state index in [2.05, 4.69) is 4.90 Å². The smallest absolute Gasteiger partial charge is 0.147 e. The average Bonchev–Trinajstić information content (AvgIpc) is 2.71. The molecular formula is C15H16N2O2S. The second kappa shape index (κ2) is 6.15. The van der Waals surface area contributed by atoms with Gasteiger partial charge in [-0.05, 0) is 0 Å². The van der Waals surface area contributed by atoms with Gasteiger partial charge in [0.15, 0.2) is 0 Å². The molecule has 2 aliphatic heterocycles. The van der Waals surface area contributed by atoms with Crippen molar-refractivity contribution in [3.63, 3.8) is 0 Å². The Balaban J connectivity index is 1.92. The van der Waals surface area contributed by atoms with E-state index in [0.29, 0.717) is 19.8 Å². The fourth-order valence-electron chi connectivity index (χ4n) is 2.23. The van der Waals surface area contributed by atoms with Crippen LogP contribution in [0.1, 0.15) is 5.56 Å². The summed E-state index contributed by atoms with van der Waals surface area (Å²) in [4.78, 5) is 7.65. The summed E-state index contributed by atoms with van der Waals surface area (Å²) in [5.74, 6) is 0.843. The first kappa shape index (κ1) is 13.3. The van der Waals surface area contributed by atoms with Gasteiger partial charge in [-0.15, -0.1) is 0 Å². The second-order valence-electron chi connectivity index (χ2n) is 4.64. The SMILES string of the molecule is S=C1COC=C(c2ccccc2)N=C1N1CCOCC1. The van der Waals surface area contributed by atoms with E-state index in [1.807, 2.05) is 30.3 Å². The molecule has 3 rings (SSSR count). The Bertz CT molecular complexity index is 548. The maximum Gasteiger partial charge on any atom is 0.147 e. The lowest BCUT2D eigenvalue weighted by atomic mass is 10.2. The lowest BCUT2D eigenvalue weighted by molar-refractivity contribution is 0.0689. The van der Waals surface area contributed by atoms with Crippen LogP contribution in [0.4, 0.5) is 0 Å². The van der Waals surface area contributed by atoms with Crippen molar-refractivity contribution in [2.24, 2.45) is 4.99 Å². The second-order valence-corrected chi connectivity index (χ2v) is 5.13. The lowest BCUT2D eigenvalue weighted by Crippen LogP contribution is -2.44. The van der Waals surface area contributed by atoms with Gasteiger partial charge in [0.25, 0.3) is 0 Å². The van der Waals surface area contributed by atoms with Gasteiger partial charge in [0, 0.05) is 18.7 Å². The molecule has 1 aromatic rings. The molecule has 0 amide bonds. The molecule has 2 heterocycles. The van der Waals surface area contributed by atoms with Gasteiger partial charge in [-0.25, -0.2) is 4.99 Å². The summed E-state index contributed by atoms with van der Waals surface area (Å²) in [6.45, 7) is 3.48. The lowest BCUT2D eigenvalue weighted by Gasteiger charge is -2.29. The van der Waals surface area contributed by atoms with Gasteiger partial charge in [-0.3, -0.25) is 0 Å². The Labute approximate surface area is 123 Å². The van der Waals surface area contributed by atoms with Crippen LogP contribution in [-0.2, 0) is 9.47 Å². The number of hydrogen-bond donors (Lipinski definition) is 0. The van der Waals surface area contributed by atoms with Crippen LogP contribution in [0.15, 0.2) is 41.6 Å². The van der Waals surface area contributed by atoms with Gasteiger partial charge < -0.3 is 14.4 Å². The summed E-state index contributed by atoms with van der Waals surface area (Å²) >= 11 is 5.43. The molecule has 104 valence electrons. The third-order valence-corrected chi connectivity index (χ3v) is 3.57. The van der Waals surface area contributed by atoms with Crippen molar-refractivity contribution in [3.05, 3.63) is 42.2 Å². The van der Waals surface area contributed by atoms with Gasteiger partial charge in [0.1, 0.15) is 24.4 Å². The highest BCUT2D eigenvalue weighted by atomic mass is 32.1. The fourth-order valence-corrected chi connectivity index (χ4v) is 2.47. The van der Waals surface area contributed by atoms with Gasteiger partial charge in [-0.2, -0.15) is 0 Å². The number of thiocarbonyl (C=S) groups is 1. The molecule has 20 heavy (non-hydrogen) atoms. The van der Waals surface area contributed by atoms with Gasteiger partial charge in [0.05, 0.1) is 18.1 Å². The van der Waals surface area contributed by atoms with Crippen molar-refractivity contribution >= 4 is 28.6 Å². The molecule has 1 saturated heterocycles. The van der Waals surface area contributed by atoms with Crippen LogP contribution in [0.2, 0.25) is 0 Å². The quantitative estimate of drug-likeness (QED) is 0.741. The zero-order chi connectivity index (χ0) is 13.8. The maximum atomic E-state index is 5.52. The van der Waals surface area contributed by atoms with Crippen molar-refractivity contribution in [1.29, 1.82) is 0 Å². The highest BCUT2D eigenvalue weighted by Gasteiger charge is 2.21. The molecule has 4 nitrogen and oxygen atoms in total. The molecule has 0 radical (unpaired) electrons. The molecule has 0 N–H and O–H groups in total. The Morgan fingerprint density at radius 2 is 1.85 bits per heavy atom. The molecule has 2 aliphatic rings. The zero-order valence-electron chi connectivity index (χ0n) is 11.1. The summed E-state index contributed by atoms with van der Waals surface area (Å²) in [6, 6.07) is 10.00. The van der Waals surface area contributed by atoms with Gasteiger partial charge >= 0.3 is 0 Å². The highest BCUT2D eigenvalue weighted by Crippen LogP contribution is 2.19. The predicted molar refractivity (Wildman–Crippen MR) is 82.8 cm³/mol. The van der Waals surface area contributed by atoms with Gasteiger partial charge in [-0.1, -0.05) is 42.5 Å². The van der Waals surface area contributed by atoms with E-state index in [1.54, 1.807) is 6.26 Å². The summed E-state index contributed by atoms with van der Waals surface area (Å²) in [6.07, 6.45) is 1.69. The molecule has 0 atom stereocenters. The molecule has 0 bridgehead atoms. The number of rotatable bonds is 1. The Hall–Kier alpha value is -1.72. The van der Waals surface area contributed by atoms with E-state index in [0.717, 1.165) is 35.1 Å². The maximum absolute atomic E-state index is 5.52. The number of nitrogens with zero attached hydrogens (tertiary/aromatic N) is 2. The van der Waals surface area contributed by atoms with Crippen LogP contribution >= 0.6 is 12.2 Å². The third-order valence-electron chi connectivity index (χ3n) is 3.27. The minimum Gasteiger partial charge on any atom is -0.493 e.